The lowest BCUT2D eigenvalue weighted by molar-refractivity contribution is -0.274. The van der Waals surface area contributed by atoms with E-state index in [9.17, 15) is 22.8 Å². The Morgan fingerprint density at radius 1 is 0.964 bits per heavy atom. The fourth-order valence-corrected chi connectivity index (χ4v) is 2.74. The number of likely N-dealkylation sites (N-methyl/N-ethyl adjacent to an activating group) is 1. The molecule has 0 bridgehead atoms. The molecule has 0 spiro atoms. The normalized spacial score (nSPS) is 14.5. The molecular weight excluding hydrogens is 377 g/mol. The van der Waals surface area contributed by atoms with Crippen molar-refractivity contribution in [3.63, 3.8) is 0 Å². The molecular formula is C19H15F3N2O4. The average molecular weight is 392 g/mol. The number of hydrogen-bond donors (Lipinski definition) is 1. The summed E-state index contributed by atoms with van der Waals surface area (Å²) in [5, 5.41) is 2.82. The number of amides is 2. The van der Waals surface area contributed by atoms with Crippen LogP contribution in [0.5, 0.6) is 11.5 Å². The molecule has 2 amide bonds. The molecule has 1 heterocycles. The molecule has 0 unspecified atom stereocenters. The van der Waals surface area contributed by atoms with Gasteiger partial charge in [-0.3, -0.25) is 14.5 Å². The van der Waals surface area contributed by atoms with Crippen LogP contribution in [0.2, 0.25) is 0 Å². The van der Waals surface area contributed by atoms with E-state index in [0.29, 0.717) is 17.0 Å². The minimum atomic E-state index is -4.80. The molecule has 0 saturated carbocycles. The topological polar surface area (TPSA) is 67.9 Å². The maximum Gasteiger partial charge on any atom is 0.573 e. The molecule has 1 aliphatic heterocycles. The second-order valence-corrected chi connectivity index (χ2v) is 5.82. The lowest BCUT2D eigenvalue weighted by Gasteiger charge is -2.12. The summed E-state index contributed by atoms with van der Waals surface area (Å²) in [4.78, 5) is 26.1. The van der Waals surface area contributed by atoms with Crippen LogP contribution in [-0.2, 0) is 9.59 Å². The number of alkyl halides is 3. The maximum atomic E-state index is 12.6. The molecule has 9 heteroatoms. The summed E-state index contributed by atoms with van der Waals surface area (Å²) >= 11 is 0. The van der Waals surface area contributed by atoms with E-state index in [0.717, 1.165) is 17.0 Å². The van der Waals surface area contributed by atoms with Crippen LogP contribution in [0, 0.1) is 0 Å². The minimum Gasteiger partial charge on any atom is -0.496 e. The summed E-state index contributed by atoms with van der Waals surface area (Å²) < 4.78 is 45.9. The molecule has 2 aromatic rings. The van der Waals surface area contributed by atoms with E-state index < -0.39 is 23.9 Å². The number of rotatable bonds is 5. The van der Waals surface area contributed by atoms with Gasteiger partial charge in [0.25, 0.3) is 11.8 Å². The van der Waals surface area contributed by atoms with Gasteiger partial charge in [0.2, 0.25) is 0 Å². The van der Waals surface area contributed by atoms with Crippen molar-refractivity contribution in [1.29, 1.82) is 0 Å². The summed E-state index contributed by atoms with van der Waals surface area (Å²) in [7, 11) is 2.78. The van der Waals surface area contributed by atoms with Crippen molar-refractivity contribution in [1.82, 2.24) is 4.90 Å². The van der Waals surface area contributed by atoms with E-state index in [4.69, 9.17) is 4.74 Å². The third-order valence-corrected chi connectivity index (χ3v) is 4.02. The van der Waals surface area contributed by atoms with Gasteiger partial charge < -0.3 is 14.8 Å². The number of para-hydroxylation sites is 1. The molecule has 28 heavy (non-hydrogen) atoms. The summed E-state index contributed by atoms with van der Waals surface area (Å²) in [6, 6.07) is 11.5. The molecule has 0 radical (unpaired) electrons. The van der Waals surface area contributed by atoms with Crippen LogP contribution in [0.15, 0.2) is 54.2 Å². The first-order valence-electron chi connectivity index (χ1n) is 8.04. The monoisotopic (exact) mass is 392 g/mol. The van der Waals surface area contributed by atoms with E-state index in [-0.39, 0.29) is 11.3 Å². The zero-order valence-corrected chi connectivity index (χ0v) is 14.8. The number of anilines is 1. The summed E-state index contributed by atoms with van der Waals surface area (Å²) in [6.45, 7) is 0. The molecule has 0 atom stereocenters. The molecule has 1 aliphatic rings. The van der Waals surface area contributed by atoms with Gasteiger partial charge in [0.05, 0.1) is 12.7 Å². The van der Waals surface area contributed by atoms with Gasteiger partial charge >= 0.3 is 6.36 Å². The number of halogens is 3. The number of hydrogen-bond acceptors (Lipinski definition) is 5. The van der Waals surface area contributed by atoms with Crippen molar-refractivity contribution in [2.75, 3.05) is 19.5 Å². The standard InChI is InChI=1S/C19H15F3N2O4/c1-24-17(25)15(13-5-3-4-6-14(13)27-2)16(18(24)26)23-11-7-9-12(10-8-11)28-19(20,21)22/h3-10,23H,1-2H3. The number of carbonyl (C=O) groups excluding carboxylic acids is 2. The average Bonchev–Trinajstić information content (AvgIpc) is 2.86. The molecule has 146 valence electrons. The van der Waals surface area contributed by atoms with Gasteiger partial charge in [-0.1, -0.05) is 18.2 Å². The Labute approximate surface area is 158 Å². The lowest BCUT2D eigenvalue weighted by atomic mass is 10.0. The van der Waals surface area contributed by atoms with Crippen molar-refractivity contribution in [3.05, 3.63) is 59.8 Å². The van der Waals surface area contributed by atoms with Gasteiger partial charge in [0.15, 0.2) is 0 Å². The van der Waals surface area contributed by atoms with Gasteiger partial charge in [0, 0.05) is 18.3 Å². The second kappa shape index (κ2) is 7.26. The van der Waals surface area contributed by atoms with E-state index in [1.807, 2.05) is 0 Å². The fraction of sp³-hybridized carbons (Fsp3) is 0.158. The number of benzene rings is 2. The molecule has 0 aromatic heterocycles. The zero-order chi connectivity index (χ0) is 20.5. The Kier molecular flexibility index (Phi) is 5.00. The van der Waals surface area contributed by atoms with Crippen molar-refractivity contribution in [3.8, 4) is 11.5 Å². The SMILES string of the molecule is COc1ccccc1C1=C(Nc2ccc(OC(F)(F)F)cc2)C(=O)N(C)C1=O. The number of ether oxygens (including phenoxy) is 2. The molecule has 2 aromatic carbocycles. The van der Waals surface area contributed by atoms with Crippen LogP contribution in [0.1, 0.15) is 5.56 Å². The molecule has 0 aliphatic carbocycles. The Morgan fingerprint density at radius 3 is 2.21 bits per heavy atom. The highest BCUT2D eigenvalue weighted by molar-refractivity contribution is 6.36. The summed E-state index contributed by atoms with van der Waals surface area (Å²) in [6.07, 6.45) is -4.80. The number of nitrogens with one attached hydrogen (secondary N) is 1. The first-order chi connectivity index (χ1) is 13.2. The third-order valence-electron chi connectivity index (χ3n) is 4.02. The van der Waals surface area contributed by atoms with E-state index in [1.54, 1.807) is 24.3 Å². The number of nitrogens with zero attached hydrogens (tertiary/aromatic N) is 1. The van der Waals surface area contributed by atoms with Gasteiger partial charge in [0.1, 0.15) is 17.2 Å². The van der Waals surface area contributed by atoms with E-state index in [1.165, 1.54) is 26.3 Å². The van der Waals surface area contributed by atoms with Crippen LogP contribution >= 0.6 is 0 Å². The predicted molar refractivity (Wildman–Crippen MR) is 94.4 cm³/mol. The highest BCUT2D eigenvalue weighted by atomic mass is 19.4. The molecule has 0 fully saturated rings. The second-order valence-electron chi connectivity index (χ2n) is 5.82. The first kappa shape index (κ1) is 19.3. The fourth-order valence-electron chi connectivity index (χ4n) is 2.74. The first-order valence-corrected chi connectivity index (χ1v) is 8.04. The third kappa shape index (κ3) is 3.78. The van der Waals surface area contributed by atoms with E-state index >= 15 is 0 Å². The van der Waals surface area contributed by atoms with Crippen LogP contribution in [0.3, 0.4) is 0 Å². The summed E-state index contributed by atoms with van der Waals surface area (Å²) in [5.41, 5.74) is 0.850. The summed E-state index contributed by atoms with van der Waals surface area (Å²) in [5.74, 6) is -1.08. The molecule has 3 rings (SSSR count). The van der Waals surface area contributed by atoms with Gasteiger partial charge in [-0.05, 0) is 30.3 Å². The Morgan fingerprint density at radius 2 is 1.61 bits per heavy atom. The highest BCUT2D eigenvalue weighted by Crippen LogP contribution is 2.35. The maximum absolute atomic E-state index is 12.6. The van der Waals surface area contributed by atoms with Crippen molar-refractivity contribution < 1.29 is 32.2 Å². The van der Waals surface area contributed by atoms with Crippen LogP contribution in [0.4, 0.5) is 18.9 Å². The van der Waals surface area contributed by atoms with Gasteiger partial charge in [-0.2, -0.15) is 0 Å². The molecule has 6 nitrogen and oxygen atoms in total. The van der Waals surface area contributed by atoms with Crippen molar-refractivity contribution in [2.45, 2.75) is 6.36 Å². The molecule has 0 saturated heterocycles. The predicted octanol–water partition coefficient (Wildman–Crippen LogP) is 3.42. The smallest absolute Gasteiger partial charge is 0.496 e. The Balaban J connectivity index is 1.98. The van der Waals surface area contributed by atoms with Crippen molar-refractivity contribution >= 4 is 23.1 Å². The van der Waals surface area contributed by atoms with Crippen molar-refractivity contribution in [2.24, 2.45) is 0 Å². The Bertz CT molecular complexity index is 952. The highest BCUT2D eigenvalue weighted by Gasteiger charge is 2.38. The lowest BCUT2D eigenvalue weighted by Crippen LogP contribution is -2.27. The Hall–Kier alpha value is -3.49. The van der Waals surface area contributed by atoms with Crippen LogP contribution in [-0.4, -0.2) is 37.2 Å². The largest absolute Gasteiger partial charge is 0.573 e. The zero-order valence-electron chi connectivity index (χ0n) is 14.8. The number of imide groups is 1. The quantitative estimate of drug-likeness (QED) is 0.790. The van der Waals surface area contributed by atoms with Gasteiger partial charge in [-0.15, -0.1) is 13.2 Å². The van der Waals surface area contributed by atoms with Crippen LogP contribution < -0.4 is 14.8 Å². The molecule has 1 N–H and O–H groups in total. The van der Waals surface area contributed by atoms with Gasteiger partial charge in [-0.25, -0.2) is 0 Å². The number of carbonyl (C=O) groups is 2. The van der Waals surface area contributed by atoms with E-state index in [2.05, 4.69) is 10.1 Å². The number of methoxy groups -OCH3 is 1. The minimum absolute atomic E-state index is 0.00138. The van der Waals surface area contributed by atoms with Crippen LogP contribution in [0.25, 0.3) is 5.57 Å².